The Balaban J connectivity index is 1.68. The monoisotopic (exact) mass is 419 g/mol. The molecule has 2 aromatic rings. The van der Waals surface area contributed by atoms with Gasteiger partial charge in [-0.1, -0.05) is 12.1 Å². The maximum Gasteiger partial charge on any atom is 0.387 e. The lowest BCUT2D eigenvalue weighted by Crippen LogP contribution is -2.36. The van der Waals surface area contributed by atoms with Crippen LogP contribution in [0.25, 0.3) is 0 Å². The highest BCUT2D eigenvalue weighted by atomic mass is 19.3. The third kappa shape index (κ3) is 5.84. The number of hydrogen-bond acceptors (Lipinski definition) is 4. The number of carbonyl (C=O) groups is 1. The molecular weight excluding hydrogens is 392 g/mol. The molecule has 162 valence electrons. The van der Waals surface area contributed by atoms with E-state index in [0.717, 1.165) is 29.5 Å². The summed E-state index contributed by atoms with van der Waals surface area (Å²) >= 11 is 0. The highest BCUT2D eigenvalue weighted by Crippen LogP contribution is 2.33. The van der Waals surface area contributed by atoms with E-state index in [1.165, 1.54) is 6.07 Å². The summed E-state index contributed by atoms with van der Waals surface area (Å²) in [4.78, 5) is 14.6. The molecule has 0 aromatic heterocycles. The quantitative estimate of drug-likeness (QED) is 0.551. The molecule has 0 bridgehead atoms. The molecule has 1 aliphatic carbocycles. The Kier molecular flexibility index (Phi) is 7.13. The molecule has 0 saturated heterocycles. The predicted molar refractivity (Wildman–Crippen MR) is 109 cm³/mol. The minimum Gasteiger partial charge on any atom is -0.490 e. The SMILES string of the molecule is CCOc1cc(CN(C(=O)COc2ccc(C)c(C)c2)C2CC2)ccc1OC(F)F. The number of carbonyl (C=O) groups excluding carboxylic acids is 1. The fraction of sp³-hybridized carbons (Fsp3) is 0.435. The zero-order valence-electron chi connectivity index (χ0n) is 17.5. The third-order valence-corrected chi connectivity index (χ3v) is 5.03. The average molecular weight is 419 g/mol. The van der Waals surface area contributed by atoms with Crippen molar-refractivity contribution in [2.45, 2.75) is 52.8 Å². The molecule has 0 radical (unpaired) electrons. The van der Waals surface area contributed by atoms with Crippen LogP contribution in [-0.2, 0) is 11.3 Å². The first-order chi connectivity index (χ1) is 14.4. The van der Waals surface area contributed by atoms with Crippen LogP contribution in [0.4, 0.5) is 8.78 Å². The number of benzene rings is 2. The van der Waals surface area contributed by atoms with E-state index in [2.05, 4.69) is 4.74 Å². The number of alkyl halides is 2. The Hall–Kier alpha value is -2.83. The number of nitrogens with zero attached hydrogens (tertiary/aromatic N) is 1. The van der Waals surface area contributed by atoms with E-state index in [4.69, 9.17) is 9.47 Å². The maximum atomic E-state index is 12.8. The summed E-state index contributed by atoms with van der Waals surface area (Å²) in [5.41, 5.74) is 3.05. The van der Waals surface area contributed by atoms with Gasteiger partial charge in [-0.15, -0.1) is 0 Å². The number of ether oxygens (including phenoxy) is 3. The van der Waals surface area contributed by atoms with Crippen molar-refractivity contribution in [3.8, 4) is 17.2 Å². The molecule has 0 unspecified atom stereocenters. The Morgan fingerprint density at radius 2 is 1.83 bits per heavy atom. The summed E-state index contributed by atoms with van der Waals surface area (Å²) in [6, 6.07) is 10.7. The smallest absolute Gasteiger partial charge is 0.387 e. The van der Waals surface area contributed by atoms with E-state index in [9.17, 15) is 13.6 Å². The van der Waals surface area contributed by atoms with Crippen LogP contribution >= 0.6 is 0 Å². The fourth-order valence-electron chi connectivity index (χ4n) is 3.15. The second-order valence-electron chi connectivity index (χ2n) is 7.38. The zero-order valence-corrected chi connectivity index (χ0v) is 17.5. The number of hydrogen-bond donors (Lipinski definition) is 0. The van der Waals surface area contributed by atoms with Crippen LogP contribution in [-0.4, -0.2) is 36.7 Å². The van der Waals surface area contributed by atoms with Crippen molar-refractivity contribution in [3.05, 3.63) is 53.1 Å². The Morgan fingerprint density at radius 3 is 2.47 bits per heavy atom. The molecule has 1 fully saturated rings. The largest absolute Gasteiger partial charge is 0.490 e. The normalized spacial score (nSPS) is 13.3. The molecule has 0 aliphatic heterocycles. The van der Waals surface area contributed by atoms with Crippen LogP contribution in [0.1, 0.15) is 36.5 Å². The topological polar surface area (TPSA) is 48.0 Å². The van der Waals surface area contributed by atoms with Gasteiger partial charge in [0.1, 0.15) is 5.75 Å². The fourth-order valence-corrected chi connectivity index (χ4v) is 3.15. The number of halogens is 2. The molecule has 30 heavy (non-hydrogen) atoms. The van der Waals surface area contributed by atoms with Gasteiger partial charge in [0.15, 0.2) is 18.1 Å². The van der Waals surface area contributed by atoms with Crippen LogP contribution in [0.15, 0.2) is 36.4 Å². The first kappa shape index (κ1) is 21.9. The van der Waals surface area contributed by atoms with E-state index in [1.807, 2.05) is 32.0 Å². The van der Waals surface area contributed by atoms with E-state index in [1.54, 1.807) is 24.0 Å². The second-order valence-corrected chi connectivity index (χ2v) is 7.38. The predicted octanol–water partition coefficient (Wildman–Crippen LogP) is 4.87. The minimum absolute atomic E-state index is 0.0158. The van der Waals surface area contributed by atoms with Gasteiger partial charge in [0, 0.05) is 12.6 Å². The third-order valence-electron chi connectivity index (χ3n) is 5.03. The summed E-state index contributed by atoms with van der Waals surface area (Å²) in [6.45, 7) is 3.48. The summed E-state index contributed by atoms with van der Waals surface area (Å²) in [6.07, 6.45) is 1.89. The van der Waals surface area contributed by atoms with Gasteiger partial charge in [-0.2, -0.15) is 8.78 Å². The van der Waals surface area contributed by atoms with E-state index < -0.39 is 6.61 Å². The molecule has 0 atom stereocenters. The number of rotatable bonds is 10. The number of aryl methyl sites for hydroxylation is 2. The first-order valence-electron chi connectivity index (χ1n) is 10.1. The van der Waals surface area contributed by atoms with E-state index >= 15 is 0 Å². The van der Waals surface area contributed by atoms with Crippen LogP contribution in [0, 0.1) is 13.8 Å². The van der Waals surface area contributed by atoms with Gasteiger partial charge in [0.25, 0.3) is 5.91 Å². The Morgan fingerprint density at radius 1 is 1.07 bits per heavy atom. The molecule has 2 aromatic carbocycles. The van der Waals surface area contributed by atoms with Crippen molar-refractivity contribution in [2.24, 2.45) is 0 Å². The summed E-state index contributed by atoms with van der Waals surface area (Å²) in [5.74, 6) is 0.777. The van der Waals surface area contributed by atoms with Gasteiger partial charge in [-0.3, -0.25) is 4.79 Å². The lowest BCUT2D eigenvalue weighted by atomic mass is 10.1. The zero-order chi connectivity index (χ0) is 21.7. The van der Waals surface area contributed by atoms with Gasteiger partial charge in [-0.25, -0.2) is 0 Å². The molecule has 0 heterocycles. The second kappa shape index (κ2) is 9.78. The molecular formula is C23H27F2NO4. The molecule has 0 spiro atoms. The van der Waals surface area contributed by atoms with Crippen LogP contribution in [0.5, 0.6) is 17.2 Å². The Bertz CT molecular complexity index is 884. The van der Waals surface area contributed by atoms with Crippen LogP contribution < -0.4 is 14.2 Å². The first-order valence-corrected chi connectivity index (χ1v) is 10.1. The molecule has 1 amide bonds. The minimum atomic E-state index is -2.93. The maximum absolute atomic E-state index is 12.8. The summed E-state index contributed by atoms with van der Waals surface area (Å²) in [7, 11) is 0. The Labute approximate surface area is 175 Å². The van der Waals surface area contributed by atoms with Gasteiger partial charge in [0.05, 0.1) is 6.61 Å². The molecule has 5 nitrogen and oxygen atoms in total. The summed E-state index contributed by atoms with van der Waals surface area (Å²) < 4.78 is 40.9. The van der Waals surface area contributed by atoms with Gasteiger partial charge in [0.2, 0.25) is 0 Å². The van der Waals surface area contributed by atoms with Crippen LogP contribution in [0.3, 0.4) is 0 Å². The molecule has 3 rings (SSSR count). The molecule has 0 N–H and O–H groups in total. The molecule has 1 aliphatic rings. The van der Waals surface area contributed by atoms with Crippen molar-refractivity contribution in [1.82, 2.24) is 4.90 Å². The van der Waals surface area contributed by atoms with Gasteiger partial charge in [-0.05, 0) is 74.6 Å². The average Bonchev–Trinajstić information content (AvgIpc) is 3.53. The lowest BCUT2D eigenvalue weighted by molar-refractivity contribution is -0.134. The van der Waals surface area contributed by atoms with E-state index in [-0.39, 0.29) is 30.1 Å². The standard InChI is InChI=1S/C23H27F2NO4/c1-4-28-21-12-17(6-10-20(21)30-23(24)25)13-26(18-7-8-18)22(27)14-29-19-9-5-15(2)16(3)11-19/h5-6,9-12,18,23H,4,7-8,13-14H2,1-3H3. The van der Waals surface area contributed by atoms with Gasteiger partial charge >= 0.3 is 6.61 Å². The van der Waals surface area contributed by atoms with E-state index in [0.29, 0.717) is 18.9 Å². The summed E-state index contributed by atoms with van der Waals surface area (Å²) in [5, 5.41) is 0. The van der Waals surface area contributed by atoms with Crippen molar-refractivity contribution < 1.29 is 27.8 Å². The van der Waals surface area contributed by atoms with Crippen molar-refractivity contribution >= 4 is 5.91 Å². The highest BCUT2D eigenvalue weighted by molar-refractivity contribution is 5.78. The van der Waals surface area contributed by atoms with Gasteiger partial charge < -0.3 is 19.1 Å². The van der Waals surface area contributed by atoms with Crippen molar-refractivity contribution in [3.63, 3.8) is 0 Å². The molecule has 7 heteroatoms. The van der Waals surface area contributed by atoms with Crippen LogP contribution in [0.2, 0.25) is 0 Å². The highest BCUT2D eigenvalue weighted by Gasteiger charge is 2.33. The lowest BCUT2D eigenvalue weighted by Gasteiger charge is -2.23. The van der Waals surface area contributed by atoms with Crippen molar-refractivity contribution in [2.75, 3.05) is 13.2 Å². The van der Waals surface area contributed by atoms with Crippen molar-refractivity contribution in [1.29, 1.82) is 0 Å². The number of amides is 1. The molecule has 1 saturated carbocycles.